The van der Waals surface area contributed by atoms with Gasteiger partial charge in [-0.1, -0.05) is 6.58 Å². The fraction of sp³-hybridized carbons (Fsp3) is 0.600. The zero-order valence-electron chi connectivity index (χ0n) is 5.63. The van der Waals surface area contributed by atoms with E-state index in [0.717, 1.165) is 5.82 Å². The lowest BCUT2D eigenvalue weighted by atomic mass is 10.4. The summed E-state index contributed by atoms with van der Waals surface area (Å²) in [5.74, 6) is 0.741. The molecule has 1 heterocycles. The molecule has 0 radical (unpaired) electrons. The molecule has 50 valence electrons. The summed E-state index contributed by atoms with van der Waals surface area (Å²) in [5, 5.41) is 9.05. The molecule has 0 aromatic heterocycles. The molecule has 1 aliphatic heterocycles. The molecule has 0 unspecified atom stereocenters. The molecule has 1 aliphatic rings. The summed E-state index contributed by atoms with van der Waals surface area (Å²) in [5.41, 5.74) is 2.64. The third-order valence-electron chi connectivity index (χ3n) is 1.09. The fourth-order valence-corrected chi connectivity index (χ4v) is 0.648. The first-order chi connectivity index (χ1) is 4.22. The van der Waals surface area contributed by atoms with Gasteiger partial charge in [0, 0.05) is 0 Å². The maximum Gasteiger partial charge on any atom is 0.139 e. The van der Waals surface area contributed by atoms with Crippen LogP contribution < -0.4 is 5.43 Å². The Hall–Kier alpha value is -1.06. The molecule has 0 bridgehead atoms. The van der Waals surface area contributed by atoms with Gasteiger partial charge in [-0.25, -0.2) is 10.4 Å². The van der Waals surface area contributed by atoms with E-state index < -0.39 is 0 Å². The molecule has 1 rings (SSSR count). The zero-order valence-corrected chi connectivity index (χ0v) is 5.63. The molecular weight excluding hydrogens is 116 g/mol. The summed E-state index contributed by atoms with van der Waals surface area (Å²) >= 11 is 0. The minimum absolute atomic E-state index is 0.330. The molecule has 1 N–H and O–H groups in total. The molecule has 0 atom stereocenters. The predicted molar refractivity (Wildman–Crippen MR) is 34.1 cm³/mol. The highest BCUT2D eigenvalue weighted by Gasteiger charge is 2.14. The summed E-state index contributed by atoms with van der Waals surface area (Å²) in [6.45, 7) is 7.73. The topological polar surface area (TPSA) is 40.0 Å². The number of nitrogens with one attached hydrogen (secondary N) is 1. The van der Waals surface area contributed by atoms with Crippen LogP contribution in [0.1, 0.15) is 13.8 Å². The number of rotatable bonds is 1. The van der Waals surface area contributed by atoms with Gasteiger partial charge >= 0.3 is 0 Å². The van der Waals surface area contributed by atoms with Gasteiger partial charge < -0.3 is 0 Å². The first kappa shape index (κ1) is 6.07. The van der Waals surface area contributed by atoms with E-state index in [0.29, 0.717) is 6.04 Å². The molecule has 0 saturated carbocycles. The van der Waals surface area contributed by atoms with Crippen molar-refractivity contribution in [2.75, 3.05) is 0 Å². The van der Waals surface area contributed by atoms with Gasteiger partial charge in [0.25, 0.3) is 0 Å². The average Bonchev–Trinajstić information content (AvgIpc) is 2.13. The summed E-state index contributed by atoms with van der Waals surface area (Å²) in [7, 11) is 0. The van der Waals surface area contributed by atoms with E-state index in [-0.39, 0.29) is 0 Å². The highest BCUT2D eigenvalue weighted by molar-refractivity contribution is 4.91. The Morgan fingerprint density at radius 2 is 2.33 bits per heavy atom. The van der Waals surface area contributed by atoms with Crippen molar-refractivity contribution in [1.29, 1.82) is 0 Å². The van der Waals surface area contributed by atoms with Crippen LogP contribution in [0.15, 0.2) is 22.8 Å². The van der Waals surface area contributed by atoms with Gasteiger partial charge in [0.1, 0.15) is 5.82 Å². The maximum absolute atomic E-state index is 3.76. The summed E-state index contributed by atoms with van der Waals surface area (Å²) in [6.07, 6.45) is 0. The van der Waals surface area contributed by atoms with Crippen LogP contribution in [0.25, 0.3) is 0 Å². The zero-order chi connectivity index (χ0) is 6.85. The van der Waals surface area contributed by atoms with Gasteiger partial charge in [-0.05, 0) is 24.3 Å². The number of hydrogen-bond donors (Lipinski definition) is 1. The van der Waals surface area contributed by atoms with E-state index in [2.05, 4.69) is 22.5 Å². The van der Waals surface area contributed by atoms with Crippen LogP contribution in [-0.4, -0.2) is 11.1 Å². The van der Waals surface area contributed by atoms with Crippen molar-refractivity contribution in [2.24, 2.45) is 10.4 Å². The van der Waals surface area contributed by atoms with Gasteiger partial charge in [-0.2, -0.15) is 0 Å². The monoisotopic (exact) mass is 126 g/mol. The van der Waals surface area contributed by atoms with Gasteiger partial charge in [-0.15, -0.1) is 0 Å². The third kappa shape index (κ3) is 1.01. The van der Waals surface area contributed by atoms with Crippen molar-refractivity contribution in [3.05, 3.63) is 12.4 Å². The third-order valence-corrected chi connectivity index (χ3v) is 1.09. The molecule has 0 spiro atoms. The first-order valence-corrected chi connectivity index (χ1v) is 2.86. The normalized spacial score (nSPS) is 17.2. The van der Waals surface area contributed by atoms with E-state index in [1.165, 1.54) is 0 Å². The van der Waals surface area contributed by atoms with E-state index in [4.69, 9.17) is 0 Å². The second kappa shape index (κ2) is 2.05. The largest absolute Gasteiger partial charge is 0.242 e. The van der Waals surface area contributed by atoms with E-state index in [1.54, 1.807) is 5.01 Å². The van der Waals surface area contributed by atoms with Crippen LogP contribution >= 0.6 is 0 Å². The summed E-state index contributed by atoms with van der Waals surface area (Å²) in [6, 6.07) is 0.330. The molecule has 0 aliphatic carbocycles. The Morgan fingerprint density at radius 1 is 1.67 bits per heavy atom. The second-order valence-corrected chi connectivity index (χ2v) is 2.19. The van der Waals surface area contributed by atoms with Gasteiger partial charge in [-0.3, -0.25) is 0 Å². The van der Waals surface area contributed by atoms with Gasteiger partial charge in [0.2, 0.25) is 0 Å². The van der Waals surface area contributed by atoms with Gasteiger partial charge in [0.15, 0.2) is 0 Å². The standard InChI is InChI=1S/C5H10N4/c1-4(2)9-5(3)6-7-8-9/h4H,3H2,1-2H3,(H,6,8). The molecule has 4 nitrogen and oxygen atoms in total. The average molecular weight is 126 g/mol. The Morgan fingerprint density at radius 3 is 2.56 bits per heavy atom. The van der Waals surface area contributed by atoms with Crippen molar-refractivity contribution >= 4 is 0 Å². The highest BCUT2D eigenvalue weighted by Crippen LogP contribution is 2.10. The molecule has 4 heteroatoms. The van der Waals surface area contributed by atoms with Crippen LogP contribution in [0, 0.1) is 0 Å². The minimum Gasteiger partial charge on any atom is -0.242 e. The van der Waals surface area contributed by atoms with Crippen molar-refractivity contribution in [1.82, 2.24) is 10.4 Å². The summed E-state index contributed by atoms with van der Waals surface area (Å²) < 4.78 is 0. The summed E-state index contributed by atoms with van der Waals surface area (Å²) in [4.78, 5) is 0. The van der Waals surface area contributed by atoms with E-state index >= 15 is 0 Å². The van der Waals surface area contributed by atoms with Crippen molar-refractivity contribution in [3.63, 3.8) is 0 Å². The highest BCUT2D eigenvalue weighted by atomic mass is 15.7. The van der Waals surface area contributed by atoms with E-state index in [9.17, 15) is 0 Å². The molecule has 0 amide bonds. The van der Waals surface area contributed by atoms with Crippen LogP contribution in [0.4, 0.5) is 0 Å². The van der Waals surface area contributed by atoms with Crippen LogP contribution in [0.5, 0.6) is 0 Å². The molecule has 0 aromatic carbocycles. The molecular formula is C5H10N4. The quantitative estimate of drug-likeness (QED) is 0.570. The smallest absolute Gasteiger partial charge is 0.139 e. The van der Waals surface area contributed by atoms with Crippen molar-refractivity contribution in [3.8, 4) is 0 Å². The van der Waals surface area contributed by atoms with Crippen LogP contribution in [0.2, 0.25) is 0 Å². The SMILES string of the molecule is C=C1NN=NN1C(C)C. The van der Waals surface area contributed by atoms with Crippen molar-refractivity contribution < 1.29 is 0 Å². The molecule has 0 fully saturated rings. The Kier molecular flexibility index (Phi) is 1.38. The first-order valence-electron chi connectivity index (χ1n) is 2.86. The van der Waals surface area contributed by atoms with E-state index in [1.807, 2.05) is 13.8 Å². The predicted octanol–water partition coefficient (Wildman–Crippen LogP) is 1.05. The molecule has 0 saturated heterocycles. The number of nitrogens with zero attached hydrogens (tertiary/aromatic N) is 3. The maximum atomic E-state index is 3.76. The fourth-order valence-electron chi connectivity index (χ4n) is 0.648. The van der Waals surface area contributed by atoms with Crippen LogP contribution in [0.3, 0.4) is 0 Å². The Balaban J connectivity index is 2.59. The lowest BCUT2D eigenvalue weighted by Crippen LogP contribution is -2.24. The lowest BCUT2D eigenvalue weighted by molar-refractivity contribution is 0.303. The second-order valence-electron chi connectivity index (χ2n) is 2.19. The van der Waals surface area contributed by atoms with Crippen LogP contribution in [-0.2, 0) is 0 Å². The van der Waals surface area contributed by atoms with Gasteiger partial charge in [0.05, 0.1) is 6.04 Å². The Labute approximate surface area is 54.2 Å². The molecule has 9 heavy (non-hydrogen) atoms. The van der Waals surface area contributed by atoms with Crippen molar-refractivity contribution in [2.45, 2.75) is 19.9 Å². The lowest BCUT2D eigenvalue weighted by Gasteiger charge is -2.15. The molecule has 0 aromatic rings. The minimum atomic E-state index is 0.330. The number of hydrogen-bond acceptors (Lipinski definition) is 4. The Bertz CT molecular complexity index is 149.